The number of nitrogens with one attached hydrogen (secondary N) is 1. The molecule has 0 fully saturated rings. The summed E-state index contributed by atoms with van der Waals surface area (Å²) in [6.45, 7) is 1.46. The summed E-state index contributed by atoms with van der Waals surface area (Å²) in [5, 5.41) is 2.44. The highest BCUT2D eigenvalue weighted by atomic mass is 127. The fraction of sp³-hybridized carbons (Fsp3) is 0.125. The van der Waals surface area contributed by atoms with Crippen LogP contribution in [0.1, 0.15) is 22.8 Å². The van der Waals surface area contributed by atoms with E-state index in [1.807, 2.05) is 22.6 Å². The summed E-state index contributed by atoms with van der Waals surface area (Å²) in [6.07, 6.45) is 0. The van der Waals surface area contributed by atoms with Crippen molar-refractivity contribution in [2.75, 3.05) is 5.32 Å². The van der Waals surface area contributed by atoms with Gasteiger partial charge in [0, 0.05) is 3.57 Å². The summed E-state index contributed by atoms with van der Waals surface area (Å²) in [5.74, 6) is -3.55. The fourth-order valence-electron chi connectivity index (χ4n) is 1.96. The Morgan fingerprint density at radius 1 is 1.17 bits per heavy atom. The minimum Gasteiger partial charge on any atom is -0.324 e. The average molecular weight is 465 g/mol. The molecule has 2 rings (SSSR count). The summed E-state index contributed by atoms with van der Waals surface area (Å²) >= 11 is 8.03. The molecule has 24 heavy (non-hydrogen) atoms. The zero-order valence-electron chi connectivity index (χ0n) is 12.4. The number of hydrogen-bond donors (Lipinski definition) is 2. The quantitative estimate of drug-likeness (QED) is 0.535. The standard InChI is InChI=1S/C16H12ClF2IN2O2/c1-7(21)16(24)22-11-6-5-10(20)14(17)13(11)15(23)12-8(18)3-2-4-9(12)19/h2-7H,21H2,1H3,(H,22,24)/t7-/m0/s1. The predicted molar refractivity (Wildman–Crippen MR) is 96.2 cm³/mol. The second kappa shape index (κ2) is 7.54. The van der Waals surface area contributed by atoms with Crippen molar-refractivity contribution in [1.82, 2.24) is 0 Å². The van der Waals surface area contributed by atoms with Gasteiger partial charge in [0.05, 0.1) is 27.9 Å². The molecule has 0 saturated heterocycles. The number of benzene rings is 2. The molecule has 2 aromatic rings. The molecule has 0 aliphatic heterocycles. The van der Waals surface area contributed by atoms with Gasteiger partial charge in [0.2, 0.25) is 11.7 Å². The first kappa shape index (κ1) is 18.8. The highest BCUT2D eigenvalue weighted by Gasteiger charge is 2.26. The molecule has 8 heteroatoms. The first-order chi connectivity index (χ1) is 11.2. The molecule has 126 valence electrons. The van der Waals surface area contributed by atoms with Gasteiger partial charge in [0.15, 0.2) is 0 Å². The molecular weight excluding hydrogens is 453 g/mol. The summed E-state index contributed by atoms with van der Waals surface area (Å²) < 4.78 is 28.3. The number of nitrogens with two attached hydrogens (primary N) is 1. The minimum atomic E-state index is -1.01. The molecule has 0 aromatic heterocycles. The van der Waals surface area contributed by atoms with Gasteiger partial charge in [0.25, 0.3) is 0 Å². The summed E-state index contributed by atoms with van der Waals surface area (Å²) in [7, 11) is 0. The van der Waals surface area contributed by atoms with Crippen molar-refractivity contribution in [2.24, 2.45) is 5.73 Å². The number of hydrogen-bond acceptors (Lipinski definition) is 3. The fourth-order valence-corrected chi connectivity index (χ4v) is 2.66. The van der Waals surface area contributed by atoms with Crippen molar-refractivity contribution in [3.63, 3.8) is 0 Å². The topological polar surface area (TPSA) is 72.2 Å². The van der Waals surface area contributed by atoms with Crippen molar-refractivity contribution in [3.8, 4) is 0 Å². The van der Waals surface area contributed by atoms with Crippen molar-refractivity contribution in [1.29, 1.82) is 0 Å². The van der Waals surface area contributed by atoms with E-state index in [-0.39, 0.29) is 16.3 Å². The number of carbonyl (C=O) groups is 2. The first-order valence-electron chi connectivity index (χ1n) is 6.77. The Labute approximate surface area is 155 Å². The monoisotopic (exact) mass is 464 g/mol. The van der Waals surface area contributed by atoms with Crippen LogP contribution in [-0.2, 0) is 4.79 Å². The van der Waals surface area contributed by atoms with Crippen molar-refractivity contribution < 1.29 is 18.4 Å². The number of anilines is 1. The minimum absolute atomic E-state index is 0.00859. The maximum absolute atomic E-state index is 13.9. The molecule has 1 atom stereocenters. The largest absolute Gasteiger partial charge is 0.324 e. The lowest BCUT2D eigenvalue weighted by molar-refractivity contribution is -0.117. The van der Waals surface area contributed by atoms with Gasteiger partial charge < -0.3 is 11.1 Å². The molecule has 0 saturated carbocycles. The zero-order chi connectivity index (χ0) is 18.0. The third-order valence-electron chi connectivity index (χ3n) is 3.18. The predicted octanol–water partition coefficient (Wildman–Crippen LogP) is 3.74. The second-order valence-corrected chi connectivity index (χ2v) is 6.53. The van der Waals surface area contributed by atoms with Crippen LogP contribution in [0.25, 0.3) is 0 Å². The number of ketones is 1. The van der Waals surface area contributed by atoms with Crippen molar-refractivity contribution in [3.05, 3.63) is 61.7 Å². The number of halogens is 4. The van der Waals surface area contributed by atoms with Gasteiger partial charge in [-0.25, -0.2) is 8.78 Å². The van der Waals surface area contributed by atoms with Crippen LogP contribution in [-0.4, -0.2) is 17.7 Å². The third kappa shape index (κ3) is 3.73. The smallest absolute Gasteiger partial charge is 0.241 e. The van der Waals surface area contributed by atoms with Gasteiger partial charge in [-0.15, -0.1) is 0 Å². The van der Waals surface area contributed by atoms with Crippen LogP contribution < -0.4 is 11.1 Å². The van der Waals surface area contributed by atoms with E-state index in [0.29, 0.717) is 3.57 Å². The molecule has 0 heterocycles. The van der Waals surface area contributed by atoms with Gasteiger partial charge in [-0.1, -0.05) is 17.7 Å². The molecule has 1 amide bonds. The van der Waals surface area contributed by atoms with E-state index in [0.717, 1.165) is 18.2 Å². The Kier molecular flexibility index (Phi) is 5.89. The molecule has 4 nitrogen and oxygen atoms in total. The van der Waals surface area contributed by atoms with Gasteiger partial charge in [-0.2, -0.15) is 0 Å². The molecule has 0 spiro atoms. The normalized spacial score (nSPS) is 11.9. The van der Waals surface area contributed by atoms with Crippen LogP contribution >= 0.6 is 34.2 Å². The lowest BCUT2D eigenvalue weighted by Gasteiger charge is -2.15. The van der Waals surface area contributed by atoms with E-state index in [1.165, 1.54) is 13.0 Å². The van der Waals surface area contributed by atoms with Crippen LogP contribution in [0.15, 0.2) is 30.3 Å². The summed E-state index contributed by atoms with van der Waals surface area (Å²) in [4.78, 5) is 24.5. The van der Waals surface area contributed by atoms with Crippen LogP contribution in [0.5, 0.6) is 0 Å². The van der Waals surface area contributed by atoms with Crippen LogP contribution in [0, 0.1) is 15.2 Å². The van der Waals surface area contributed by atoms with Crippen molar-refractivity contribution >= 4 is 51.6 Å². The van der Waals surface area contributed by atoms with E-state index >= 15 is 0 Å². The summed E-state index contributed by atoms with van der Waals surface area (Å²) in [5.41, 5.74) is 4.59. The van der Waals surface area contributed by atoms with E-state index in [9.17, 15) is 18.4 Å². The maximum Gasteiger partial charge on any atom is 0.241 e. The number of amides is 1. The molecular formula is C16H12ClF2IN2O2. The highest BCUT2D eigenvalue weighted by Crippen LogP contribution is 2.32. The van der Waals surface area contributed by atoms with Crippen LogP contribution in [0.3, 0.4) is 0 Å². The molecule has 2 aromatic carbocycles. The molecule has 0 unspecified atom stereocenters. The average Bonchev–Trinajstić information content (AvgIpc) is 2.50. The highest BCUT2D eigenvalue weighted by molar-refractivity contribution is 14.1. The maximum atomic E-state index is 13.9. The Balaban J connectivity index is 2.62. The molecule has 3 N–H and O–H groups in total. The third-order valence-corrected chi connectivity index (χ3v) is 4.79. The Hall–Kier alpha value is -1.58. The van der Waals surface area contributed by atoms with Gasteiger partial charge >= 0.3 is 0 Å². The lowest BCUT2D eigenvalue weighted by Crippen LogP contribution is -2.33. The number of carbonyl (C=O) groups excluding carboxylic acids is 2. The number of rotatable bonds is 4. The van der Waals surface area contributed by atoms with E-state index in [1.54, 1.807) is 6.07 Å². The van der Waals surface area contributed by atoms with E-state index in [2.05, 4.69) is 5.32 Å². The van der Waals surface area contributed by atoms with Crippen molar-refractivity contribution in [2.45, 2.75) is 13.0 Å². The SMILES string of the molecule is C[C@H](N)C(=O)Nc1ccc(I)c(Cl)c1C(=O)c1c(F)cccc1F. The molecule has 0 radical (unpaired) electrons. The van der Waals surface area contributed by atoms with Crippen LogP contribution in [0.4, 0.5) is 14.5 Å². The summed E-state index contributed by atoms with van der Waals surface area (Å²) in [6, 6.07) is 5.25. The Morgan fingerprint density at radius 2 is 1.75 bits per heavy atom. The first-order valence-corrected chi connectivity index (χ1v) is 8.22. The Morgan fingerprint density at radius 3 is 2.29 bits per heavy atom. The zero-order valence-corrected chi connectivity index (χ0v) is 15.3. The van der Waals surface area contributed by atoms with Crippen LogP contribution in [0.2, 0.25) is 5.02 Å². The van der Waals surface area contributed by atoms with Gasteiger partial charge in [-0.3, -0.25) is 9.59 Å². The second-order valence-electron chi connectivity index (χ2n) is 4.99. The van der Waals surface area contributed by atoms with Gasteiger partial charge in [-0.05, 0) is 53.8 Å². The molecule has 0 aliphatic carbocycles. The molecule has 0 aliphatic rings. The Bertz CT molecular complexity index is 808. The van der Waals surface area contributed by atoms with E-state index in [4.69, 9.17) is 17.3 Å². The van der Waals surface area contributed by atoms with Gasteiger partial charge in [0.1, 0.15) is 11.6 Å². The molecule has 0 bridgehead atoms. The van der Waals surface area contributed by atoms with E-state index < -0.39 is 34.9 Å². The lowest BCUT2D eigenvalue weighted by atomic mass is 10.00.